The number of rotatable bonds is 6. The van der Waals surface area contributed by atoms with Crippen molar-refractivity contribution in [3.05, 3.63) is 30.1 Å². The van der Waals surface area contributed by atoms with Gasteiger partial charge < -0.3 is 10.6 Å². The molecule has 7 nitrogen and oxygen atoms in total. The van der Waals surface area contributed by atoms with Gasteiger partial charge in [-0.2, -0.15) is 4.68 Å². The zero-order chi connectivity index (χ0) is 15.2. The van der Waals surface area contributed by atoms with Crippen LogP contribution in [0.5, 0.6) is 0 Å². The molecule has 2 rings (SSSR count). The minimum atomic E-state index is -0.0194. The molecular weight excluding hydrogens is 268 g/mol. The van der Waals surface area contributed by atoms with Crippen LogP contribution in [0.2, 0.25) is 0 Å². The lowest BCUT2D eigenvalue weighted by Crippen LogP contribution is -2.30. The van der Waals surface area contributed by atoms with Gasteiger partial charge in [-0.15, -0.1) is 5.10 Å². The third-order valence-electron chi connectivity index (χ3n) is 3.04. The fraction of sp³-hybridized carbons (Fsp3) is 0.429. The van der Waals surface area contributed by atoms with Crippen LogP contribution >= 0.6 is 0 Å². The molecule has 0 aliphatic carbocycles. The van der Waals surface area contributed by atoms with Crippen LogP contribution < -0.4 is 10.6 Å². The Labute approximate surface area is 123 Å². The first kappa shape index (κ1) is 15.1. The first-order chi connectivity index (χ1) is 10.1. The number of nitrogens with zero attached hydrogens (tertiary/aromatic N) is 4. The van der Waals surface area contributed by atoms with E-state index >= 15 is 0 Å². The summed E-state index contributed by atoms with van der Waals surface area (Å²) in [6, 6.07) is 7.60. The highest BCUT2D eigenvalue weighted by atomic mass is 16.1. The molecule has 1 aromatic heterocycles. The Morgan fingerprint density at radius 1 is 1.43 bits per heavy atom. The molecule has 7 heteroatoms. The molecule has 1 unspecified atom stereocenters. The van der Waals surface area contributed by atoms with Gasteiger partial charge in [0.1, 0.15) is 0 Å². The summed E-state index contributed by atoms with van der Waals surface area (Å²) in [5.74, 6) is 0.674. The average molecular weight is 288 g/mol. The molecule has 2 N–H and O–H groups in total. The molecule has 0 spiro atoms. The van der Waals surface area contributed by atoms with E-state index in [1.807, 2.05) is 45.0 Å². The monoisotopic (exact) mass is 288 g/mol. The molecule has 112 valence electrons. The maximum absolute atomic E-state index is 12.0. The highest BCUT2D eigenvalue weighted by molar-refractivity contribution is 5.91. The molecule has 1 aromatic carbocycles. The Bertz CT molecular complexity index is 609. The molecule has 0 saturated heterocycles. The summed E-state index contributed by atoms with van der Waals surface area (Å²) in [6.45, 7) is 6.68. The van der Waals surface area contributed by atoms with E-state index in [1.165, 1.54) is 0 Å². The number of hydrogen-bond donors (Lipinski definition) is 2. The van der Waals surface area contributed by atoms with E-state index < -0.39 is 0 Å². The molecule has 2 aromatic rings. The van der Waals surface area contributed by atoms with Crippen molar-refractivity contribution < 1.29 is 4.79 Å². The normalized spacial score (nSPS) is 12.1. The fourth-order valence-electron chi connectivity index (χ4n) is 2.10. The first-order valence-corrected chi connectivity index (χ1v) is 6.98. The summed E-state index contributed by atoms with van der Waals surface area (Å²) < 4.78 is 1.62. The number of nitrogens with one attached hydrogen (secondary N) is 2. The molecule has 0 aliphatic rings. The SMILES string of the molecule is CCNC(C)CC(=O)Nc1cccc(-n2nnnc2C)c1. The largest absolute Gasteiger partial charge is 0.326 e. The van der Waals surface area contributed by atoms with Gasteiger partial charge in [0.05, 0.1) is 5.69 Å². The van der Waals surface area contributed by atoms with Gasteiger partial charge in [0.25, 0.3) is 0 Å². The summed E-state index contributed by atoms with van der Waals surface area (Å²) in [5, 5.41) is 17.5. The second kappa shape index (κ2) is 6.94. The number of carbonyl (C=O) groups excluding carboxylic acids is 1. The fourth-order valence-corrected chi connectivity index (χ4v) is 2.10. The number of anilines is 1. The molecule has 0 radical (unpaired) electrons. The van der Waals surface area contributed by atoms with E-state index in [0.717, 1.165) is 17.9 Å². The van der Waals surface area contributed by atoms with Crippen LogP contribution in [0.4, 0.5) is 5.69 Å². The molecule has 0 fully saturated rings. The zero-order valence-electron chi connectivity index (χ0n) is 12.5. The lowest BCUT2D eigenvalue weighted by Gasteiger charge is -2.12. The van der Waals surface area contributed by atoms with E-state index in [9.17, 15) is 4.79 Å². The second-order valence-electron chi connectivity index (χ2n) is 4.90. The predicted molar refractivity (Wildman–Crippen MR) is 80.3 cm³/mol. The third-order valence-corrected chi connectivity index (χ3v) is 3.04. The van der Waals surface area contributed by atoms with E-state index in [1.54, 1.807) is 4.68 Å². The van der Waals surface area contributed by atoms with Gasteiger partial charge in [-0.25, -0.2) is 0 Å². The van der Waals surface area contributed by atoms with Gasteiger partial charge in [0.15, 0.2) is 5.82 Å². The highest BCUT2D eigenvalue weighted by Gasteiger charge is 2.09. The Hall–Kier alpha value is -2.28. The van der Waals surface area contributed by atoms with Crippen molar-refractivity contribution in [2.75, 3.05) is 11.9 Å². The lowest BCUT2D eigenvalue weighted by molar-refractivity contribution is -0.116. The Kier molecular flexibility index (Phi) is 4.99. The number of aromatic nitrogens is 4. The summed E-state index contributed by atoms with van der Waals surface area (Å²) in [7, 11) is 0. The third kappa shape index (κ3) is 4.09. The van der Waals surface area contributed by atoms with Crippen molar-refractivity contribution in [3.63, 3.8) is 0 Å². The van der Waals surface area contributed by atoms with Crippen LogP contribution in [-0.4, -0.2) is 38.7 Å². The quantitative estimate of drug-likeness (QED) is 0.837. The standard InChI is InChI=1S/C14H20N6O/c1-4-15-10(2)8-14(21)16-12-6-5-7-13(9-12)20-11(3)17-18-19-20/h5-7,9-10,15H,4,8H2,1-3H3,(H,16,21). The van der Waals surface area contributed by atoms with Crippen molar-refractivity contribution in [2.45, 2.75) is 33.2 Å². The van der Waals surface area contributed by atoms with Gasteiger partial charge in [-0.1, -0.05) is 13.0 Å². The molecule has 0 saturated carbocycles. The first-order valence-electron chi connectivity index (χ1n) is 6.98. The number of hydrogen-bond acceptors (Lipinski definition) is 5. The topological polar surface area (TPSA) is 84.7 Å². The van der Waals surface area contributed by atoms with Crippen LogP contribution in [0.25, 0.3) is 5.69 Å². The second-order valence-corrected chi connectivity index (χ2v) is 4.90. The van der Waals surface area contributed by atoms with Gasteiger partial charge in [0, 0.05) is 18.2 Å². The number of amides is 1. The van der Waals surface area contributed by atoms with Crippen LogP contribution in [0, 0.1) is 6.92 Å². The van der Waals surface area contributed by atoms with Gasteiger partial charge in [-0.3, -0.25) is 4.79 Å². The predicted octanol–water partition coefficient (Wildman–Crippen LogP) is 1.30. The van der Waals surface area contributed by atoms with E-state index in [-0.39, 0.29) is 11.9 Å². The summed E-state index contributed by atoms with van der Waals surface area (Å²) in [5.41, 5.74) is 1.55. The van der Waals surface area contributed by atoms with E-state index in [4.69, 9.17) is 0 Å². The van der Waals surface area contributed by atoms with Crippen molar-refractivity contribution in [2.24, 2.45) is 0 Å². The van der Waals surface area contributed by atoms with E-state index in [2.05, 4.69) is 26.2 Å². The molecule has 1 heterocycles. The minimum absolute atomic E-state index is 0.0194. The molecular formula is C14H20N6O. The number of tetrazole rings is 1. The van der Waals surface area contributed by atoms with Crippen molar-refractivity contribution in [1.82, 2.24) is 25.5 Å². The van der Waals surface area contributed by atoms with Gasteiger partial charge >= 0.3 is 0 Å². The van der Waals surface area contributed by atoms with Crippen molar-refractivity contribution in [3.8, 4) is 5.69 Å². The zero-order valence-corrected chi connectivity index (χ0v) is 12.5. The molecule has 21 heavy (non-hydrogen) atoms. The maximum Gasteiger partial charge on any atom is 0.225 e. The van der Waals surface area contributed by atoms with Crippen LogP contribution in [-0.2, 0) is 4.79 Å². The molecule has 1 amide bonds. The lowest BCUT2D eigenvalue weighted by atomic mass is 10.2. The van der Waals surface area contributed by atoms with E-state index in [0.29, 0.717) is 12.2 Å². The Balaban J connectivity index is 2.05. The van der Waals surface area contributed by atoms with Crippen LogP contribution in [0.3, 0.4) is 0 Å². The van der Waals surface area contributed by atoms with Gasteiger partial charge in [-0.05, 0) is 49.0 Å². The Morgan fingerprint density at radius 2 is 2.24 bits per heavy atom. The Morgan fingerprint density at radius 3 is 2.90 bits per heavy atom. The summed E-state index contributed by atoms with van der Waals surface area (Å²) in [6.07, 6.45) is 0.433. The summed E-state index contributed by atoms with van der Waals surface area (Å²) in [4.78, 5) is 12.0. The summed E-state index contributed by atoms with van der Waals surface area (Å²) >= 11 is 0. The minimum Gasteiger partial charge on any atom is -0.326 e. The number of benzene rings is 1. The van der Waals surface area contributed by atoms with Crippen molar-refractivity contribution >= 4 is 11.6 Å². The highest BCUT2D eigenvalue weighted by Crippen LogP contribution is 2.15. The van der Waals surface area contributed by atoms with Gasteiger partial charge in [0.2, 0.25) is 5.91 Å². The molecule has 0 aliphatic heterocycles. The maximum atomic E-state index is 12.0. The number of carbonyl (C=O) groups is 1. The molecule has 0 bridgehead atoms. The smallest absolute Gasteiger partial charge is 0.225 e. The average Bonchev–Trinajstić information content (AvgIpc) is 2.85. The molecule has 1 atom stereocenters. The number of aryl methyl sites for hydroxylation is 1. The van der Waals surface area contributed by atoms with Crippen LogP contribution in [0.15, 0.2) is 24.3 Å². The van der Waals surface area contributed by atoms with Crippen molar-refractivity contribution in [1.29, 1.82) is 0 Å². The van der Waals surface area contributed by atoms with Crippen LogP contribution in [0.1, 0.15) is 26.1 Å².